The number of hydrogen-bond donors (Lipinski definition) is 2. The summed E-state index contributed by atoms with van der Waals surface area (Å²) in [7, 11) is 0. The third-order valence-electron chi connectivity index (χ3n) is 3.57. The van der Waals surface area contributed by atoms with Crippen LogP contribution in [0.4, 0.5) is 0 Å². The summed E-state index contributed by atoms with van der Waals surface area (Å²) < 4.78 is 1.45. The molecule has 1 aromatic heterocycles. The number of halogens is 2. The van der Waals surface area contributed by atoms with E-state index in [2.05, 4.69) is 17.6 Å². The van der Waals surface area contributed by atoms with Crippen LogP contribution in [0.3, 0.4) is 0 Å². The Balaban J connectivity index is 1.68. The summed E-state index contributed by atoms with van der Waals surface area (Å²) in [5.74, 6) is 0.140. The number of carbonyl (C=O) groups is 1. The third-order valence-corrected chi connectivity index (χ3v) is 5.14. The van der Waals surface area contributed by atoms with E-state index in [1.807, 2.05) is 6.07 Å². The fourth-order valence-electron chi connectivity index (χ4n) is 2.55. The highest BCUT2D eigenvalue weighted by Crippen LogP contribution is 2.32. The maximum atomic E-state index is 11.9. The Morgan fingerprint density at radius 1 is 1.55 bits per heavy atom. The summed E-state index contributed by atoms with van der Waals surface area (Å²) in [4.78, 5) is 11.9. The Morgan fingerprint density at radius 2 is 2.35 bits per heavy atom. The van der Waals surface area contributed by atoms with E-state index in [1.165, 1.54) is 11.3 Å². The monoisotopic (exact) mass is 334 g/mol. The minimum atomic E-state index is 0.140. The Bertz CT molecular complexity index is 464. The first kappa shape index (κ1) is 16.1. The molecule has 2 atom stereocenters. The molecule has 112 valence electrons. The molecule has 1 aliphatic rings. The number of hydrogen-bond acceptors (Lipinski definition) is 3. The molecule has 2 unspecified atom stereocenters. The molecule has 1 amide bonds. The summed E-state index contributed by atoms with van der Waals surface area (Å²) in [6, 6.07) is 2.69. The summed E-state index contributed by atoms with van der Waals surface area (Å²) in [5, 5.41) is 6.50. The maximum Gasteiger partial charge on any atom is 0.220 e. The zero-order valence-corrected chi connectivity index (χ0v) is 13.9. The average molecular weight is 335 g/mol. The standard InChI is InChI=1S/C14H20Cl2N2OS/c1-9-7-11(5-6-17-9)18-13(19)4-2-3-10-8-12(15)20-14(10)16/h8-9,11,17H,2-7H2,1H3,(H,18,19). The van der Waals surface area contributed by atoms with Crippen LogP contribution in [0.1, 0.15) is 38.2 Å². The van der Waals surface area contributed by atoms with Gasteiger partial charge in [-0.1, -0.05) is 23.2 Å². The zero-order valence-electron chi connectivity index (χ0n) is 11.5. The quantitative estimate of drug-likeness (QED) is 0.863. The highest BCUT2D eigenvalue weighted by atomic mass is 35.5. The van der Waals surface area contributed by atoms with Gasteiger partial charge < -0.3 is 10.6 Å². The number of piperidine rings is 1. The lowest BCUT2D eigenvalue weighted by Gasteiger charge is -2.28. The van der Waals surface area contributed by atoms with Crippen LogP contribution < -0.4 is 10.6 Å². The Labute approximate surface area is 134 Å². The lowest BCUT2D eigenvalue weighted by molar-refractivity contribution is -0.122. The number of thiophene rings is 1. The van der Waals surface area contributed by atoms with Crippen molar-refractivity contribution in [3.05, 3.63) is 20.3 Å². The maximum absolute atomic E-state index is 11.9. The van der Waals surface area contributed by atoms with Crippen LogP contribution in [0, 0.1) is 0 Å². The van der Waals surface area contributed by atoms with Crippen LogP contribution in [0.5, 0.6) is 0 Å². The van der Waals surface area contributed by atoms with Gasteiger partial charge in [0.05, 0.1) is 8.67 Å². The van der Waals surface area contributed by atoms with Crippen molar-refractivity contribution in [2.45, 2.75) is 51.1 Å². The topological polar surface area (TPSA) is 41.1 Å². The lowest BCUT2D eigenvalue weighted by atomic mass is 10.0. The molecular formula is C14H20Cl2N2OS. The van der Waals surface area contributed by atoms with Gasteiger partial charge in [-0.3, -0.25) is 4.79 Å². The van der Waals surface area contributed by atoms with Crippen molar-refractivity contribution in [3.8, 4) is 0 Å². The largest absolute Gasteiger partial charge is 0.353 e. The second kappa shape index (κ2) is 7.64. The Hall–Kier alpha value is -0.290. The summed E-state index contributed by atoms with van der Waals surface area (Å²) >= 11 is 13.3. The summed E-state index contributed by atoms with van der Waals surface area (Å²) in [6.45, 7) is 3.13. The number of nitrogens with one attached hydrogen (secondary N) is 2. The molecule has 1 aliphatic heterocycles. The van der Waals surface area contributed by atoms with Gasteiger partial charge in [0, 0.05) is 18.5 Å². The molecule has 0 spiro atoms. The van der Waals surface area contributed by atoms with E-state index >= 15 is 0 Å². The zero-order chi connectivity index (χ0) is 14.5. The average Bonchev–Trinajstić information content (AvgIpc) is 2.68. The van der Waals surface area contributed by atoms with Crippen LogP contribution in [-0.4, -0.2) is 24.5 Å². The highest BCUT2D eigenvalue weighted by Gasteiger charge is 2.19. The molecule has 1 saturated heterocycles. The summed E-state index contributed by atoms with van der Waals surface area (Å²) in [5.41, 5.74) is 1.05. The molecule has 0 bridgehead atoms. The molecule has 2 N–H and O–H groups in total. The predicted molar refractivity (Wildman–Crippen MR) is 85.9 cm³/mol. The van der Waals surface area contributed by atoms with Crippen molar-refractivity contribution >= 4 is 40.4 Å². The predicted octanol–water partition coefficient (Wildman–Crippen LogP) is 3.63. The first-order valence-electron chi connectivity index (χ1n) is 7.01. The minimum Gasteiger partial charge on any atom is -0.353 e. The fourth-order valence-corrected chi connectivity index (χ4v) is 4.09. The van der Waals surface area contributed by atoms with Crippen LogP contribution in [0.25, 0.3) is 0 Å². The molecular weight excluding hydrogens is 315 g/mol. The van der Waals surface area contributed by atoms with Crippen molar-refractivity contribution in [3.63, 3.8) is 0 Å². The van der Waals surface area contributed by atoms with E-state index in [0.29, 0.717) is 22.8 Å². The van der Waals surface area contributed by atoms with Gasteiger partial charge in [-0.05, 0) is 50.8 Å². The van der Waals surface area contributed by atoms with Gasteiger partial charge in [0.1, 0.15) is 0 Å². The van der Waals surface area contributed by atoms with Crippen molar-refractivity contribution in [1.82, 2.24) is 10.6 Å². The van der Waals surface area contributed by atoms with Gasteiger partial charge in [0.25, 0.3) is 0 Å². The normalized spacial score (nSPS) is 22.8. The Morgan fingerprint density at radius 3 is 3.00 bits per heavy atom. The van der Waals surface area contributed by atoms with Crippen LogP contribution in [0.15, 0.2) is 6.07 Å². The third kappa shape index (κ3) is 4.92. The van der Waals surface area contributed by atoms with Crippen molar-refractivity contribution in [1.29, 1.82) is 0 Å². The first-order valence-corrected chi connectivity index (χ1v) is 8.58. The lowest BCUT2D eigenvalue weighted by Crippen LogP contribution is -2.46. The van der Waals surface area contributed by atoms with E-state index < -0.39 is 0 Å². The minimum absolute atomic E-state index is 0.140. The van der Waals surface area contributed by atoms with E-state index in [1.54, 1.807) is 0 Å². The molecule has 3 nitrogen and oxygen atoms in total. The van der Waals surface area contributed by atoms with Crippen molar-refractivity contribution in [2.24, 2.45) is 0 Å². The number of aryl methyl sites for hydroxylation is 1. The number of rotatable bonds is 5. The van der Waals surface area contributed by atoms with Gasteiger partial charge in [-0.15, -0.1) is 11.3 Å². The van der Waals surface area contributed by atoms with Gasteiger partial charge in [0.2, 0.25) is 5.91 Å². The smallest absolute Gasteiger partial charge is 0.220 e. The molecule has 0 aromatic carbocycles. The van der Waals surface area contributed by atoms with Crippen molar-refractivity contribution < 1.29 is 4.79 Å². The van der Waals surface area contributed by atoms with Crippen molar-refractivity contribution in [2.75, 3.05) is 6.54 Å². The molecule has 2 heterocycles. The fraction of sp³-hybridized carbons (Fsp3) is 0.643. The molecule has 1 aromatic rings. The molecule has 6 heteroatoms. The van der Waals surface area contributed by atoms with E-state index in [4.69, 9.17) is 23.2 Å². The Kier molecular flexibility index (Phi) is 6.15. The summed E-state index contributed by atoms with van der Waals surface area (Å²) in [6.07, 6.45) is 4.18. The second-order valence-corrected chi connectivity index (χ2v) is 7.63. The van der Waals surface area contributed by atoms with Crippen LogP contribution >= 0.6 is 34.5 Å². The second-order valence-electron chi connectivity index (χ2n) is 5.35. The molecule has 2 rings (SSSR count). The van der Waals surface area contributed by atoms with Gasteiger partial charge in [0.15, 0.2) is 0 Å². The molecule has 0 aliphatic carbocycles. The molecule has 0 saturated carbocycles. The number of carbonyl (C=O) groups excluding carboxylic acids is 1. The van der Waals surface area contributed by atoms with Crippen LogP contribution in [0.2, 0.25) is 8.67 Å². The van der Waals surface area contributed by atoms with E-state index in [-0.39, 0.29) is 5.91 Å². The SMILES string of the molecule is CC1CC(NC(=O)CCCc2cc(Cl)sc2Cl)CCN1. The van der Waals surface area contributed by atoms with Gasteiger partial charge in [-0.25, -0.2) is 0 Å². The molecule has 0 radical (unpaired) electrons. The first-order chi connectivity index (χ1) is 9.54. The highest BCUT2D eigenvalue weighted by molar-refractivity contribution is 7.20. The van der Waals surface area contributed by atoms with E-state index in [9.17, 15) is 4.79 Å². The van der Waals surface area contributed by atoms with Crippen LogP contribution in [-0.2, 0) is 11.2 Å². The molecule has 20 heavy (non-hydrogen) atoms. The molecule has 1 fully saturated rings. The number of amides is 1. The van der Waals surface area contributed by atoms with E-state index in [0.717, 1.165) is 42.1 Å². The van der Waals surface area contributed by atoms with Gasteiger partial charge in [-0.2, -0.15) is 0 Å². The van der Waals surface area contributed by atoms with Gasteiger partial charge >= 0.3 is 0 Å².